The van der Waals surface area contributed by atoms with Crippen molar-refractivity contribution in [2.45, 2.75) is 31.6 Å². The van der Waals surface area contributed by atoms with Crippen LogP contribution in [0.3, 0.4) is 0 Å². The maximum Gasteiger partial charge on any atom is 0.338 e. The van der Waals surface area contributed by atoms with E-state index in [0.29, 0.717) is 23.5 Å². The zero-order valence-corrected chi connectivity index (χ0v) is 25.7. The Morgan fingerprint density at radius 1 is 0.660 bits per heavy atom. The fourth-order valence-electron chi connectivity index (χ4n) is 7.17. The van der Waals surface area contributed by atoms with Crippen molar-refractivity contribution in [3.8, 4) is 0 Å². The van der Waals surface area contributed by atoms with Crippen LogP contribution in [0, 0.1) is 11.8 Å². The van der Waals surface area contributed by atoms with Gasteiger partial charge in [0, 0.05) is 17.5 Å². The lowest BCUT2D eigenvalue weighted by molar-refractivity contribution is -0.122. The summed E-state index contributed by atoms with van der Waals surface area (Å²) in [6.45, 7) is 1.83. The van der Waals surface area contributed by atoms with Crippen molar-refractivity contribution in [2.24, 2.45) is 11.8 Å². The van der Waals surface area contributed by atoms with Gasteiger partial charge in [0.25, 0.3) is 5.91 Å². The molecule has 4 aliphatic rings. The Bertz CT molecular complexity index is 1780. The average Bonchev–Trinajstić information content (AvgIpc) is 3.37. The van der Waals surface area contributed by atoms with Crippen molar-refractivity contribution in [1.29, 1.82) is 0 Å². The third-order valence-corrected chi connectivity index (χ3v) is 9.28. The number of carbonyl (C=O) groups is 5. The second kappa shape index (κ2) is 12.3. The lowest BCUT2D eigenvalue weighted by Crippen LogP contribution is -2.41. The van der Waals surface area contributed by atoms with E-state index in [2.05, 4.69) is 29.6 Å². The maximum absolute atomic E-state index is 14.0. The molecular weight excluding hydrogens is 596 g/mol. The van der Waals surface area contributed by atoms with Gasteiger partial charge in [-0.2, -0.15) is 0 Å². The highest BCUT2D eigenvalue weighted by molar-refractivity contribution is 6.23. The van der Waals surface area contributed by atoms with E-state index in [9.17, 15) is 24.0 Å². The predicted octanol–water partition coefficient (Wildman–Crippen LogP) is 5.84. The molecule has 4 aromatic carbocycles. The van der Waals surface area contributed by atoms with E-state index in [4.69, 9.17) is 9.47 Å². The molecule has 236 valence electrons. The van der Waals surface area contributed by atoms with Gasteiger partial charge in [-0.15, -0.1) is 0 Å². The van der Waals surface area contributed by atoms with Crippen LogP contribution in [0.25, 0.3) is 0 Å². The van der Waals surface area contributed by atoms with Crippen molar-refractivity contribution >= 4 is 41.0 Å². The van der Waals surface area contributed by atoms with Gasteiger partial charge in [0.1, 0.15) is 0 Å². The molecule has 9 heteroatoms. The summed E-state index contributed by atoms with van der Waals surface area (Å²) in [5, 5.41) is 2.62. The standard InChI is InChI=1S/C38H32N2O7/c1-2-3-20-46-37(44)22-12-16-24(17-13-22)39-30(41)21-47-38(45)23-14-18-25(19-15-23)40-35(42)33-31-26-8-4-5-9-27(26)32(34(33)36(40)43)29-11-7-6-10-28(29)31/h4-19,31-34H,2-3,20-21H2,1H3,(H,39,41)/t31?,32?,33-,34+. The highest BCUT2D eigenvalue weighted by Crippen LogP contribution is 2.61. The molecule has 3 amide bonds. The first-order valence-electron chi connectivity index (χ1n) is 15.8. The molecule has 0 saturated carbocycles. The monoisotopic (exact) mass is 628 g/mol. The number of esters is 2. The average molecular weight is 629 g/mol. The lowest BCUT2D eigenvalue weighted by Gasteiger charge is -2.45. The molecular formula is C38H32N2O7. The Balaban J connectivity index is 0.994. The van der Waals surface area contributed by atoms with E-state index >= 15 is 0 Å². The topological polar surface area (TPSA) is 119 Å². The third kappa shape index (κ3) is 5.27. The molecule has 3 aliphatic carbocycles. The van der Waals surface area contributed by atoms with Crippen molar-refractivity contribution in [3.05, 3.63) is 130 Å². The second-order valence-corrected chi connectivity index (χ2v) is 12.0. The molecule has 4 aromatic rings. The van der Waals surface area contributed by atoms with Crippen LogP contribution in [-0.4, -0.2) is 42.9 Å². The molecule has 9 nitrogen and oxygen atoms in total. The normalized spacial score (nSPS) is 20.2. The van der Waals surface area contributed by atoms with Gasteiger partial charge in [0.15, 0.2) is 6.61 Å². The Morgan fingerprint density at radius 2 is 1.13 bits per heavy atom. The maximum atomic E-state index is 14.0. The number of nitrogens with one attached hydrogen (secondary N) is 1. The van der Waals surface area contributed by atoms with Crippen LogP contribution in [0.5, 0.6) is 0 Å². The smallest absolute Gasteiger partial charge is 0.338 e. The number of carbonyl (C=O) groups excluding carboxylic acids is 5. The Hall–Kier alpha value is -5.57. The molecule has 2 bridgehead atoms. The predicted molar refractivity (Wildman–Crippen MR) is 173 cm³/mol. The Kier molecular flexibility index (Phi) is 7.89. The molecule has 0 unspecified atom stereocenters. The van der Waals surface area contributed by atoms with Crippen LogP contribution in [-0.2, 0) is 23.9 Å². The summed E-state index contributed by atoms with van der Waals surface area (Å²) < 4.78 is 10.4. The van der Waals surface area contributed by atoms with E-state index < -0.39 is 36.3 Å². The number of unbranched alkanes of at least 4 members (excludes halogenated alkanes) is 1. The molecule has 1 heterocycles. The number of nitrogens with zero attached hydrogens (tertiary/aromatic N) is 1. The first-order chi connectivity index (χ1) is 22.9. The Morgan fingerprint density at radius 3 is 1.62 bits per heavy atom. The van der Waals surface area contributed by atoms with Gasteiger partial charge < -0.3 is 14.8 Å². The van der Waals surface area contributed by atoms with Gasteiger partial charge in [-0.1, -0.05) is 61.9 Å². The molecule has 0 radical (unpaired) electrons. The second-order valence-electron chi connectivity index (χ2n) is 12.0. The number of benzene rings is 4. The minimum atomic E-state index is -0.728. The van der Waals surface area contributed by atoms with Gasteiger partial charge in [-0.05, 0) is 77.2 Å². The quantitative estimate of drug-likeness (QED) is 0.141. The molecule has 2 atom stereocenters. The number of hydrogen-bond donors (Lipinski definition) is 1. The molecule has 47 heavy (non-hydrogen) atoms. The number of ether oxygens (including phenoxy) is 2. The largest absolute Gasteiger partial charge is 0.462 e. The molecule has 1 saturated heterocycles. The summed E-state index contributed by atoms with van der Waals surface area (Å²) in [7, 11) is 0. The molecule has 1 aliphatic heterocycles. The van der Waals surface area contributed by atoms with Crippen LogP contribution < -0.4 is 10.2 Å². The third-order valence-electron chi connectivity index (χ3n) is 9.28. The summed E-state index contributed by atoms with van der Waals surface area (Å²) in [6.07, 6.45) is 1.70. The van der Waals surface area contributed by atoms with E-state index in [1.165, 1.54) is 17.0 Å². The summed E-state index contributed by atoms with van der Waals surface area (Å²) in [5.41, 5.74) is 5.75. The first kappa shape index (κ1) is 30.1. The minimum Gasteiger partial charge on any atom is -0.462 e. The van der Waals surface area contributed by atoms with Crippen LogP contribution in [0.4, 0.5) is 11.4 Å². The van der Waals surface area contributed by atoms with Gasteiger partial charge in [-0.25, -0.2) is 14.5 Å². The minimum absolute atomic E-state index is 0.170. The Labute approximate surface area is 271 Å². The number of rotatable bonds is 9. The van der Waals surface area contributed by atoms with Crippen molar-refractivity contribution < 1.29 is 33.4 Å². The molecule has 1 fully saturated rings. The van der Waals surface area contributed by atoms with Gasteiger partial charge in [-0.3, -0.25) is 14.4 Å². The zero-order valence-electron chi connectivity index (χ0n) is 25.7. The van der Waals surface area contributed by atoms with E-state index in [1.807, 2.05) is 31.2 Å². The van der Waals surface area contributed by atoms with Gasteiger partial charge in [0.05, 0.1) is 35.3 Å². The molecule has 8 rings (SSSR count). The van der Waals surface area contributed by atoms with Gasteiger partial charge in [0.2, 0.25) is 11.8 Å². The van der Waals surface area contributed by atoms with Crippen LogP contribution in [0.2, 0.25) is 0 Å². The first-order valence-corrected chi connectivity index (χ1v) is 15.8. The molecule has 0 spiro atoms. The fraction of sp³-hybridized carbons (Fsp3) is 0.237. The van der Waals surface area contributed by atoms with Crippen molar-refractivity contribution in [1.82, 2.24) is 0 Å². The highest BCUT2D eigenvalue weighted by Gasteiger charge is 2.61. The molecule has 1 N–H and O–H groups in total. The van der Waals surface area contributed by atoms with E-state index in [0.717, 1.165) is 35.1 Å². The summed E-state index contributed by atoms with van der Waals surface area (Å²) in [6, 6.07) is 28.4. The van der Waals surface area contributed by atoms with Crippen molar-refractivity contribution in [3.63, 3.8) is 0 Å². The number of hydrogen-bond acceptors (Lipinski definition) is 7. The number of anilines is 2. The van der Waals surface area contributed by atoms with Crippen LogP contribution >= 0.6 is 0 Å². The zero-order chi connectivity index (χ0) is 32.7. The van der Waals surface area contributed by atoms with Crippen LogP contribution in [0.15, 0.2) is 97.1 Å². The summed E-state index contributed by atoms with van der Waals surface area (Å²) in [4.78, 5) is 66.4. The van der Waals surface area contributed by atoms with Gasteiger partial charge >= 0.3 is 11.9 Å². The van der Waals surface area contributed by atoms with Crippen molar-refractivity contribution in [2.75, 3.05) is 23.4 Å². The summed E-state index contributed by atoms with van der Waals surface area (Å²) in [5.74, 6) is -3.62. The fourth-order valence-corrected chi connectivity index (χ4v) is 7.17. The number of imide groups is 1. The molecule has 0 aromatic heterocycles. The lowest BCUT2D eigenvalue weighted by atomic mass is 9.55. The van der Waals surface area contributed by atoms with E-state index in [1.54, 1.807) is 36.4 Å². The number of amides is 3. The van der Waals surface area contributed by atoms with Crippen LogP contribution in [0.1, 0.15) is 74.6 Å². The highest BCUT2D eigenvalue weighted by atomic mass is 16.5. The SMILES string of the molecule is CCCCOC(=O)c1ccc(NC(=O)COC(=O)c2ccc(N3C(=O)[C@@H]4C5c6ccccc6C(c6ccccc65)[C@@H]4C3=O)cc2)cc1. The summed E-state index contributed by atoms with van der Waals surface area (Å²) >= 11 is 0. The van der Waals surface area contributed by atoms with E-state index in [-0.39, 0.29) is 29.2 Å².